The van der Waals surface area contributed by atoms with Crippen molar-refractivity contribution in [2.75, 3.05) is 6.54 Å². The minimum atomic E-state index is -0.611. The molecule has 188 valence electrons. The average molecular weight is 565 g/mol. The van der Waals surface area contributed by atoms with Gasteiger partial charge in [-0.3, -0.25) is 9.59 Å². The van der Waals surface area contributed by atoms with Crippen LogP contribution in [0.2, 0.25) is 5.02 Å². The Balaban J connectivity index is 1.79. The lowest BCUT2D eigenvalue weighted by Crippen LogP contribution is -2.34. The van der Waals surface area contributed by atoms with E-state index in [1.165, 1.54) is 31.9 Å². The summed E-state index contributed by atoms with van der Waals surface area (Å²) in [6.45, 7) is 2.02. The lowest BCUT2D eigenvalue weighted by Gasteiger charge is -2.09. The second kappa shape index (κ2) is 16.1. The van der Waals surface area contributed by atoms with Gasteiger partial charge in [-0.25, -0.2) is 10.2 Å². The highest BCUT2D eigenvalue weighted by Crippen LogP contribution is 2.24. The van der Waals surface area contributed by atoms with Gasteiger partial charge >= 0.3 is 5.97 Å². The van der Waals surface area contributed by atoms with E-state index in [0.717, 1.165) is 23.7 Å². The summed E-state index contributed by atoms with van der Waals surface area (Å²) in [4.78, 5) is 36.4. The molecule has 0 aliphatic rings. The number of nitrogens with one attached hydrogen (secondary N) is 2. The van der Waals surface area contributed by atoms with Crippen LogP contribution in [0, 0.1) is 0 Å². The zero-order chi connectivity index (χ0) is 25.5. The highest BCUT2D eigenvalue weighted by atomic mass is 79.9. The summed E-state index contributed by atoms with van der Waals surface area (Å²) in [6.07, 6.45) is 9.65. The molecule has 7 nitrogen and oxygen atoms in total. The van der Waals surface area contributed by atoms with Gasteiger partial charge in [0.15, 0.2) is 0 Å². The first-order chi connectivity index (χ1) is 16.9. The second-order valence-corrected chi connectivity index (χ2v) is 9.32. The summed E-state index contributed by atoms with van der Waals surface area (Å²) in [7, 11) is 0. The molecule has 35 heavy (non-hydrogen) atoms. The fourth-order valence-electron chi connectivity index (χ4n) is 3.22. The first kappa shape index (κ1) is 28.5. The van der Waals surface area contributed by atoms with Crippen LogP contribution in [0.4, 0.5) is 0 Å². The highest BCUT2D eigenvalue weighted by molar-refractivity contribution is 9.10. The molecule has 0 aliphatic heterocycles. The lowest BCUT2D eigenvalue weighted by molar-refractivity contribution is -0.126. The number of esters is 1. The monoisotopic (exact) mass is 563 g/mol. The van der Waals surface area contributed by atoms with Crippen LogP contribution in [-0.4, -0.2) is 30.5 Å². The van der Waals surface area contributed by atoms with Crippen molar-refractivity contribution in [2.45, 2.75) is 58.3 Å². The summed E-state index contributed by atoms with van der Waals surface area (Å²) >= 11 is 9.43. The first-order valence-electron chi connectivity index (χ1n) is 11.8. The molecule has 0 heterocycles. The third-order valence-electron chi connectivity index (χ3n) is 5.11. The molecule has 0 aliphatic carbocycles. The number of nitrogens with zero attached hydrogens (tertiary/aromatic N) is 1. The Morgan fingerprint density at radius 3 is 2.46 bits per heavy atom. The number of amides is 2. The summed E-state index contributed by atoms with van der Waals surface area (Å²) in [5.74, 6) is -0.975. The van der Waals surface area contributed by atoms with E-state index in [1.54, 1.807) is 42.5 Å². The van der Waals surface area contributed by atoms with Gasteiger partial charge in [-0.1, -0.05) is 85.1 Å². The van der Waals surface area contributed by atoms with Gasteiger partial charge in [0.1, 0.15) is 5.75 Å². The van der Waals surface area contributed by atoms with E-state index in [-0.39, 0.29) is 28.8 Å². The number of benzene rings is 2. The Labute approximate surface area is 219 Å². The first-order valence-corrected chi connectivity index (χ1v) is 12.9. The average Bonchev–Trinajstić information content (AvgIpc) is 2.84. The van der Waals surface area contributed by atoms with Gasteiger partial charge in [0.25, 0.3) is 5.91 Å². The fraction of sp³-hybridized carbons (Fsp3) is 0.385. The Morgan fingerprint density at radius 2 is 1.71 bits per heavy atom. The van der Waals surface area contributed by atoms with E-state index in [4.69, 9.17) is 16.3 Å². The molecule has 2 N–H and O–H groups in total. The third-order valence-corrected chi connectivity index (χ3v) is 5.94. The third kappa shape index (κ3) is 11.0. The van der Waals surface area contributed by atoms with Gasteiger partial charge in [0, 0.05) is 16.5 Å². The van der Waals surface area contributed by atoms with Crippen molar-refractivity contribution < 1.29 is 19.1 Å². The highest BCUT2D eigenvalue weighted by Gasteiger charge is 2.14. The molecule has 0 saturated carbocycles. The standard InChI is InChI=1S/C26H31BrClN3O4/c1-2-3-4-5-6-7-8-13-24(32)29-18-25(33)31-30-17-19-16-20(27)14-15-23(19)35-26(34)21-11-9-10-12-22(21)28/h9-12,14-17H,2-8,13,18H2,1H3,(H,29,32)(H,31,33). The second-order valence-electron chi connectivity index (χ2n) is 7.99. The molecule has 2 aromatic rings. The maximum Gasteiger partial charge on any atom is 0.345 e. The summed E-state index contributed by atoms with van der Waals surface area (Å²) in [5, 5.41) is 6.80. The molecule has 2 amide bonds. The minimum Gasteiger partial charge on any atom is -0.422 e. The van der Waals surface area contributed by atoms with Gasteiger partial charge in [0.05, 0.1) is 23.3 Å². The number of halogens is 2. The van der Waals surface area contributed by atoms with Crippen molar-refractivity contribution in [1.82, 2.24) is 10.7 Å². The zero-order valence-corrected chi connectivity index (χ0v) is 22.2. The van der Waals surface area contributed by atoms with Crippen LogP contribution in [-0.2, 0) is 9.59 Å². The molecular formula is C26H31BrClN3O4. The molecule has 0 aromatic heterocycles. The van der Waals surface area contributed by atoms with E-state index in [2.05, 4.69) is 38.7 Å². The van der Waals surface area contributed by atoms with Crippen molar-refractivity contribution in [3.63, 3.8) is 0 Å². The molecule has 0 fully saturated rings. The Hall–Kier alpha value is -2.71. The number of hydrazone groups is 1. The summed E-state index contributed by atoms with van der Waals surface area (Å²) in [6, 6.07) is 11.6. The molecule has 0 radical (unpaired) electrons. The molecule has 0 saturated heterocycles. The molecule has 2 rings (SSSR count). The normalized spacial score (nSPS) is 10.8. The zero-order valence-electron chi connectivity index (χ0n) is 19.8. The molecule has 0 spiro atoms. The van der Waals surface area contributed by atoms with Crippen LogP contribution in [0.15, 0.2) is 52.0 Å². The van der Waals surface area contributed by atoms with Gasteiger partial charge in [-0.05, 0) is 36.8 Å². The van der Waals surface area contributed by atoms with Gasteiger partial charge in [-0.15, -0.1) is 0 Å². The predicted molar refractivity (Wildman–Crippen MR) is 142 cm³/mol. The molecular weight excluding hydrogens is 534 g/mol. The maximum absolute atomic E-state index is 12.5. The topological polar surface area (TPSA) is 96.9 Å². The number of ether oxygens (including phenoxy) is 1. The number of unbranched alkanes of at least 4 members (excludes halogenated alkanes) is 6. The van der Waals surface area contributed by atoms with Gasteiger partial charge < -0.3 is 10.1 Å². The Bertz CT molecular complexity index is 1030. The quantitative estimate of drug-likeness (QED) is 0.0963. The fourth-order valence-corrected chi connectivity index (χ4v) is 3.81. The molecule has 2 aromatic carbocycles. The van der Waals surface area contributed by atoms with Gasteiger partial charge in [0.2, 0.25) is 5.91 Å². The molecule has 0 bridgehead atoms. The number of hydrogen-bond acceptors (Lipinski definition) is 5. The number of carbonyl (C=O) groups excluding carboxylic acids is 3. The predicted octanol–water partition coefficient (Wildman–Crippen LogP) is 6.03. The van der Waals surface area contributed by atoms with E-state index in [1.807, 2.05) is 0 Å². The SMILES string of the molecule is CCCCCCCCCC(=O)NCC(=O)NN=Cc1cc(Br)ccc1OC(=O)c1ccccc1Cl. The van der Waals surface area contributed by atoms with Crippen LogP contribution in [0.25, 0.3) is 0 Å². The Morgan fingerprint density at radius 1 is 1.00 bits per heavy atom. The molecule has 0 unspecified atom stereocenters. The van der Waals surface area contributed by atoms with E-state index < -0.39 is 11.9 Å². The lowest BCUT2D eigenvalue weighted by atomic mass is 10.1. The van der Waals surface area contributed by atoms with Crippen LogP contribution < -0.4 is 15.5 Å². The van der Waals surface area contributed by atoms with Crippen molar-refractivity contribution in [2.24, 2.45) is 5.10 Å². The number of hydrogen-bond donors (Lipinski definition) is 2. The summed E-state index contributed by atoms with van der Waals surface area (Å²) in [5.41, 5.74) is 3.06. The number of rotatable bonds is 14. The Kier molecular flexibility index (Phi) is 13.1. The van der Waals surface area contributed by atoms with Crippen molar-refractivity contribution >= 4 is 51.5 Å². The van der Waals surface area contributed by atoms with E-state index >= 15 is 0 Å². The summed E-state index contributed by atoms with van der Waals surface area (Å²) < 4.78 is 6.21. The van der Waals surface area contributed by atoms with Crippen molar-refractivity contribution in [3.8, 4) is 5.75 Å². The largest absolute Gasteiger partial charge is 0.422 e. The smallest absolute Gasteiger partial charge is 0.345 e. The van der Waals surface area contributed by atoms with Crippen LogP contribution in [0.3, 0.4) is 0 Å². The maximum atomic E-state index is 12.5. The van der Waals surface area contributed by atoms with Crippen molar-refractivity contribution in [3.05, 3.63) is 63.1 Å². The van der Waals surface area contributed by atoms with Gasteiger partial charge in [-0.2, -0.15) is 5.10 Å². The molecule has 9 heteroatoms. The van der Waals surface area contributed by atoms with Crippen LogP contribution in [0.5, 0.6) is 5.75 Å². The van der Waals surface area contributed by atoms with Crippen LogP contribution in [0.1, 0.15) is 74.2 Å². The van der Waals surface area contributed by atoms with E-state index in [9.17, 15) is 14.4 Å². The van der Waals surface area contributed by atoms with E-state index in [0.29, 0.717) is 12.0 Å². The minimum absolute atomic E-state index is 0.154. The van der Waals surface area contributed by atoms with Crippen LogP contribution >= 0.6 is 27.5 Å². The molecule has 0 atom stereocenters. The van der Waals surface area contributed by atoms with Crippen molar-refractivity contribution in [1.29, 1.82) is 0 Å². The number of carbonyl (C=O) groups is 3.